The van der Waals surface area contributed by atoms with E-state index in [1.54, 1.807) is 6.92 Å². The number of nitrogens with zero attached hydrogens (tertiary/aromatic N) is 3. The number of imide groups is 1. The summed E-state index contributed by atoms with van der Waals surface area (Å²) in [5, 5.41) is 11.0. The van der Waals surface area contributed by atoms with Crippen molar-refractivity contribution in [2.24, 2.45) is 0 Å². The van der Waals surface area contributed by atoms with Crippen LogP contribution in [0, 0.1) is 0 Å². The van der Waals surface area contributed by atoms with Gasteiger partial charge >= 0.3 is 6.09 Å². The summed E-state index contributed by atoms with van der Waals surface area (Å²) in [6.07, 6.45) is -0.767. The number of ether oxygens (including phenoxy) is 1. The fraction of sp³-hybridized carbons (Fsp3) is 0.150. The van der Waals surface area contributed by atoms with Gasteiger partial charge in [-0.25, -0.2) is 9.78 Å². The van der Waals surface area contributed by atoms with Crippen molar-refractivity contribution < 1.29 is 14.3 Å². The Morgan fingerprint density at radius 1 is 0.929 bits per heavy atom. The molecule has 0 aliphatic rings. The van der Waals surface area contributed by atoms with Crippen LogP contribution in [0.4, 0.5) is 4.79 Å². The lowest BCUT2D eigenvalue weighted by molar-refractivity contribution is -0.117. The second-order valence-electron chi connectivity index (χ2n) is 5.58. The number of thioether (sulfide) groups is 1. The average Bonchev–Trinajstić information content (AvgIpc) is 2.73. The van der Waals surface area contributed by atoms with Crippen molar-refractivity contribution in [1.29, 1.82) is 0 Å². The molecule has 0 spiro atoms. The third kappa shape index (κ3) is 5.14. The molecule has 0 saturated carbocycles. The number of amides is 2. The quantitative estimate of drug-likeness (QED) is 0.639. The molecule has 2 aromatic carbocycles. The first-order chi connectivity index (χ1) is 13.7. The summed E-state index contributed by atoms with van der Waals surface area (Å²) in [4.78, 5) is 27.7. The van der Waals surface area contributed by atoms with E-state index in [9.17, 15) is 9.59 Å². The van der Waals surface area contributed by atoms with Gasteiger partial charge < -0.3 is 4.74 Å². The normalized spacial score (nSPS) is 10.3. The molecule has 0 aliphatic carbocycles. The number of hydrogen-bond donors (Lipinski definition) is 1. The largest absolute Gasteiger partial charge is 0.450 e. The van der Waals surface area contributed by atoms with Gasteiger partial charge in [0, 0.05) is 11.1 Å². The number of carbonyl (C=O) groups excluding carboxylic acids is 2. The van der Waals surface area contributed by atoms with Crippen molar-refractivity contribution in [3.8, 4) is 22.5 Å². The Kier molecular flexibility index (Phi) is 6.69. The molecule has 142 valence electrons. The average molecular weight is 394 g/mol. The van der Waals surface area contributed by atoms with E-state index in [2.05, 4.69) is 25.2 Å². The number of rotatable bonds is 6. The third-order valence-corrected chi connectivity index (χ3v) is 4.45. The number of alkyl carbamates (subject to hydrolysis) is 1. The van der Waals surface area contributed by atoms with Crippen molar-refractivity contribution >= 4 is 23.8 Å². The summed E-state index contributed by atoms with van der Waals surface area (Å²) in [7, 11) is 0. The minimum atomic E-state index is -0.767. The molecule has 0 atom stereocenters. The Bertz CT molecular complexity index is 952. The topological polar surface area (TPSA) is 94.1 Å². The van der Waals surface area contributed by atoms with Crippen LogP contribution < -0.4 is 5.32 Å². The first kappa shape index (κ1) is 19.5. The van der Waals surface area contributed by atoms with Gasteiger partial charge in [-0.1, -0.05) is 72.4 Å². The lowest BCUT2D eigenvalue weighted by Crippen LogP contribution is -2.32. The SMILES string of the molecule is CCOC(=O)NC(=O)CSc1nnc(-c2ccccc2)c(-c2ccccc2)n1. The monoisotopic (exact) mass is 394 g/mol. The fourth-order valence-electron chi connectivity index (χ4n) is 2.41. The van der Waals surface area contributed by atoms with E-state index in [-0.39, 0.29) is 12.4 Å². The molecule has 7 nitrogen and oxygen atoms in total. The molecule has 1 aromatic heterocycles. The van der Waals surface area contributed by atoms with Crippen LogP contribution in [0.15, 0.2) is 65.8 Å². The smallest absolute Gasteiger partial charge is 0.413 e. The number of aromatic nitrogens is 3. The summed E-state index contributed by atoms with van der Waals surface area (Å²) in [5.74, 6) is -0.514. The Morgan fingerprint density at radius 2 is 1.54 bits per heavy atom. The van der Waals surface area contributed by atoms with Crippen LogP contribution in [0.2, 0.25) is 0 Å². The minimum absolute atomic E-state index is 0.0284. The van der Waals surface area contributed by atoms with E-state index < -0.39 is 12.0 Å². The zero-order valence-electron chi connectivity index (χ0n) is 15.2. The van der Waals surface area contributed by atoms with Crippen LogP contribution in [-0.2, 0) is 9.53 Å². The number of benzene rings is 2. The van der Waals surface area contributed by atoms with E-state index in [1.165, 1.54) is 0 Å². The third-order valence-electron chi connectivity index (χ3n) is 3.61. The number of nitrogens with one attached hydrogen (secondary N) is 1. The maximum Gasteiger partial charge on any atom is 0.413 e. The molecule has 1 heterocycles. The molecule has 1 N–H and O–H groups in total. The van der Waals surface area contributed by atoms with Crippen LogP contribution in [0.1, 0.15) is 6.92 Å². The molecule has 0 bridgehead atoms. The van der Waals surface area contributed by atoms with E-state index in [1.807, 2.05) is 60.7 Å². The molecular weight excluding hydrogens is 376 g/mol. The van der Waals surface area contributed by atoms with Crippen LogP contribution in [-0.4, -0.2) is 39.5 Å². The van der Waals surface area contributed by atoms with Crippen LogP contribution >= 0.6 is 11.8 Å². The highest BCUT2D eigenvalue weighted by Gasteiger charge is 2.15. The van der Waals surface area contributed by atoms with E-state index in [0.717, 1.165) is 22.9 Å². The Labute approximate surface area is 166 Å². The minimum Gasteiger partial charge on any atom is -0.450 e. The molecule has 0 saturated heterocycles. The molecule has 3 aromatic rings. The standard InChI is InChI=1S/C20H18N4O3S/c1-2-27-20(26)21-16(25)13-28-19-22-17(14-9-5-3-6-10-14)18(23-24-19)15-11-7-4-8-12-15/h3-12H,2,13H2,1H3,(H,21,25,26). The maximum atomic E-state index is 11.8. The predicted octanol–water partition coefficient (Wildman–Crippen LogP) is 3.57. The van der Waals surface area contributed by atoms with Gasteiger partial charge in [0.25, 0.3) is 0 Å². The second kappa shape index (κ2) is 9.61. The molecule has 3 rings (SSSR count). The van der Waals surface area contributed by atoms with E-state index >= 15 is 0 Å². The summed E-state index contributed by atoms with van der Waals surface area (Å²) in [6, 6.07) is 19.3. The Morgan fingerprint density at radius 3 is 2.14 bits per heavy atom. The maximum absolute atomic E-state index is 11.8. The molecule has 0 aliphatic heterocycles. The lowest BCUT2D eigenvalue weighted by Gasteiger charge is -2.09. The summed E-state index contributed by atoms with van der Waals surface area (Å²) < 4.78 is 4.68. The van der Waals surface area contributed by atoms with Crippen LogP contribution in [0.5, 0.6) is 0 Å². The van der Waals surface area contributed by atoms with Gasteiger partial charge in [-0.2, -0.15) is 0 Å². The summed E-state index contributed by atoms with van der Waals surface area (Å²) in [5.41, 5.74) is 3.13. The Balaban J connectivity index is 1.83. The highest BCUT2D eigenvalue weighted by atomic mass is 32.2. The van der Waals surface area contributed by atoms with Crippen LogP contribution in [0.3, 0.4) is 0 Å². The first-order valence-corrected chi connectivity index (χ1v) is 9.61. The second-order valence-corrected chi connectivity index (χ2v) is 6.52. The molecular formula is C20H18N4O3S. The summed E-state index contributed by atoms with van der Waals surface area (Å²) in [6.45, 7) is 1.86. The number of carbonyl (C=O) groups is 2. The highest BCUT2D eigenvalue weighted by molar-refractivity contribution is 7.99. The van der Waals surface area contributed by atoms with Crippen molar-refractivity contribution in [2.75, 3.05) is 12.4 Å². The Hall–Kier alpha value is -3.26. The van der Waals surface area contributed by atoms with Gasteiger partial charge in [-0.05, 0) is 6.92 Å². The lowest BCUT2D eigenvalue weighted by atomic mass is 10.0. The molecule has 8 heteroatoms. The van der Waals surface area contributed by atoms with Crippen LogP contribution in [0.25, 0.3) is 22.5 Å². The van der Waals surface area contributed by atoms with E-state index in [4.69, 9.17) is 0 Å². The van der Waals surface area contributed by atoms with Gasteiger partial charge in [-0.15, -0.1) is 10.2 Å². The molecule has 2 amide bonds. The van der Waals surface area contributed by atoms with Crippen molar-refractivity contribution in [1.82, 2.24) is 20.5 Å². The zero-order chi connectivity index (χ0) is 19.8. The zero-order valence-corrected chi connectivity index (χ0v) is 16.0. The molecule has 28 heavy (non-hydrogen) atoms. The van der Waals surface area contributed by atoms with Gasteiger partial charge in [0.15, 0.2) is 0 Å². The van der Waals surface area contributed by atoms with Gasteiger partial charge in [0.05, 0.1) is 12.4 Å². The van der Waals surface area contributed by atoms with Crippen molar-refractivity contribution in [3.63, 3.8) is 0 Å². The van der Waals surface area contributed by atoms with Crippen molar-refractivity contribution in [2.45, 2.75) is 12.1 Å². The number of hydrogen-bond acceptors (Lipinski definition) is 7. The van der Waals surface area contributed by atoms with Gasteiger partial charge in [0.1, 0.15) is 11.4 Å². The highest BCUT2D eigenvalue weighted by Crippen LogP contribution is 2.29. The van der Waals surface area contributed by atoms with Gasteiger partial charge in [-0.3, -0.25) is 10.1 Å². The summed E-state index contributed by atoms with van der Waals surface area (Å²) >= 11 is 1.10. The van der Waals surface area contributed by atoms with Crippen molar-refractivity contribution in [3.05, 3.63) is 60.7 Å². The fourth-order valence-corrected chi connectivity index (χ4v) is 2.99. The van der Waals surface area contributed by atoms with Gasteiger partial charge in [0.2, 0.25) is 11.1 Å². The first-order valence-electron chi connectivity index (χ1n) is 8.62. The van der Waals surface area contributed by atoms with E-state index in [0.29, 0.717) is 16.5 Å². The molecule has 0 unspecified atom stereocenters. The molecule has 0 radical (unpaired) electrons. The predicted molar refractivity (Wildman–Crippen MR) is 107 cm³/mol. The molecule has 0 fully saturated rings.